The fourth-order valence-corrected chi connectivity index (χ4v) is 1.54. The van der Waals surface area contributed by atoms with Crippen LogP contribution in [0.3, 0.4) is 0 Å². The highest BCUT2D eigenvalue weighted by atomic mass is 19.4. The van der Waals surface area contributed by atoms with E-state index in [1.165, 1.54) is 0 Å². The Morgan fingerprint density at radius 1 is 1.47 bits per heavy atom. The average molecular weight is 275 g/mol. The lowest BCUT2D eigenvalue weighted by molar-refractivity contribution is -0.140. The van der Waals surface area contributed by atoms with E-state index in [1.54, 1.807) is 13.0 Å². The molecule has 1 amide bonds. The zero-order valence-corrected chi connectivity index (χ0v) is 10.2. The first-order valence-electron chi connectivity index (χ1n) is 5.54. The van der Waals surface area contributed by atoms with E-state index >= 15 is 0 Å². The molecule has 0 aliphatic heterocycles. The molecule has 1 aromatic carbocycles. The highest BCUT2D eigenvalue weighted by Crippen LogP contribution is 2.32. The second-order valence-electron chi connectivity index (χ2n) is 4.06. The molecule has 0 heterocycles. The van der Waals surface area contributed by atoms with Gasteiger partial charge >= 0.3 is 6.18 Å². The number of alkyl halides is 3. The van der Waals surface area contributed by atoms with Gasteiger partial charge in [-0.1, -0.05) is 12.1 Å². The molecular formula is C13H13F4NO. The lowest BCUT2D eigenvalue weighted by Gasteiger charge is -2.14. The molecule has 1 atom stereocenters. The van der Waals surface area contributed by atoms with Crippen molar-refractivity contribution in [2.24, 2.45) is 0 Å². The van der Waals surface area contributed by atoms with Gasteiger partial charge in [0.15, 0.2) is 0 Å². The van der Waals surface area contributed by atoms with Gasteiger partial charge in [-0.2, -0.15) is 13.2 Å². The van der Waals surface area contributed by atoms with Gasteiger partial charge in [0.2, 0.25) is 0 Å². The molecule has 1 unspecified atom stereocenters. The van der Waals surface area contributed by atoms with Crippen molar-refractivity contribution in [3.05, 3.63) is 47.8 Å². The number of amides is 1. The van der Waals surface area contributed by atoms with Crippen LogP contribution in [0, 0.1) is 5.82 Å². The van der Waals surface area contributed by atoms with E-state index in [-0.39, 0.29) is 6.04 Å². The molecule has 0 aromatic heterocycles. The molecule has 0 spiro atoms. The van der Waals surface area contributed by atoms with E-state index in [2.05, 4.69) is 11.9 Å². The summed E-state index contributed by atoms with van der Waals surface area (Å²) in [5.74, 6) is -2.43. The van der Waals surface area contributed by atoms with Crippen LogP contribution in [0.5, 0.6) is 0 Å². The molecule has 0 aliphatic rings. The summed E-state index contributed by atoms with van der Waals surface area (Å²) in [5, 5.41) is 2.40. The molecule has 0 aliphatic carbocycles. The van der Waals surface area contributed by atoms with E-state index in [1.807, 2.05) is 0 Å². The monoisotopic (exact) mass is 275 g/mol. The Morgan fingerprint density at radius 3 is 2.63 bits per heavy atom. The maximum atomic E-state index is 13.7. The van der Waals surface area contributed by atoms with Crippen LogP contribution < -0.4 is 5.32 Å². The Hall–Kier alpha value is -1.85. The molecule has 2 nitrogen and oxygen atoms in total. The van der Waals surface area contributed by atoms with Gasteiger partial charge in [-0.25, -0.2) is 4.39 Å². The van der Waals surface area contributed by atoms with E-state index in [0.717, 1.165) is 12.1 Å². The van der Waals surface area contributed by atoms with Gasteiger partial charge < -0.3 is 5.32 Å². The van der Waals surface area contributed by atoms with Crippen LogP contribution in [0.1, 0.15) is 29.3 Å². The number of rotatable bonds is 4. The summed E-state index contributed by atoms with van der Waals surface area (Å²) in [5.41, 5.74) is -2.07. The third-order valence-corrected chi connectivity index (χ3v) is 2.45. The minimum atomic E-state index is -4.83. The fourth-order valence-electron chi connectivity index (χ4n) is 1.54. The van der Waals surface area contributed by atoms with Crippen LogP contribution in [0.25, 0.3) is 0 Å². The summed E-state index contributed by atoms with van der Waals surface area (Å²) in [6, 6.07) is 2.28. The molecule has 104 valence electrons. The van der Waals surface area contributed by atoms with Crippen molar-refractivity contribution in [3.8, 4) is 0 Å². The second-order valence-corrected chi connectivity index (χ2v) is 4.06. The standard InChI is InChI=1S/C13H13F4NO/c1-3-5-8(2)18-12(19)9-6-4-7-10(11(9)14)13(15,16)17/h3-4,6-8H,1,5H2,2H3,(H,18,19). The fraction of sp³-hybridized carbons (Fsp3) is 0.308. The van der Waals surface area contributed by atoms with Gasteiger partial charge in [-0.15, -0.1) is 6.58 Å². The van der Waals surface area contributed by atoms with Crippen LogP contribution >= 0.6 is 0 Å². The number of carbonyl (C=O) groups is 1. The molecular weight excluding hydrogens is 262 g/mol. The molecule has 1 aromatic rings. The average Bonchev–Trinajstić information content (AvgIpc) is 2.27. The van der Waals surface area contributed by atoms with Crippen molar-refractivity contribution in [3.63, 3.8) is 0 Å². The molecule has 1 N–H and O–H groups in total. The quantitative estimate of drug-likeness (QED) is 0.661. The van der Waals surface area contributed by atoms with Crippen molar-refractivity contribution < 1.29 is 22.4 Å². The van der Waals surface area contributed by atoms with Gasteiger partial charge in [-0.05, 0) is 25.5 Å². The third kappa shape index (κ3) is 3.81. The zero-order valence-electron chi connectivity index (χ0n) is 10.2. The van der Waals surface area contributed by atoms with Crippen molar-refractivity contribution in [2.75, 3.05) is 0 Å². The van der Waals surface area contributed by atoms with Gasteiger partial charge in [0.25, 0.3) is 5.91 Å². The predicted octanol–water partition coefficient (Wildman–Crippen LogP) is 3.54. The first-order valence-corrected chi connectivity index (χ1v) is 5.54. The van der Waals surface area contributed by atoms with E-state index in [0.29, 0.717) is 12.5 Å². The molecule has 0 saturated carbocycles. The maximum absolute atomic E-state index is 13.7. The molecule has 0 saturated heterocycles. The summed E-state index contributed by atoms with van der Waals surface area (Å²) in [6.45, 7) is 5.11. The lowest BCUT2D eigenvalue weighted by Crippen LogP contribution is -2.33. The van der Waals surface area contributed by atoms with Crippen molar-refractivity contribution in [2.45, 2.75) is 25.6 Å². The minimum Gasteiger partial charge on any atom is -0.349 e. The van der Waals surface area contributed by atoms with Crippen LogP contribution in [0.2, 0.25) is 0 Å². The largest absolute Gasteiger partial charge is 0.419 e. The van der Waals surface area contributed by atoms with Gasteiger partial charge in [0.05, 0.1) is 11.1 Å². The Kier molecular flexibility index (Phi) is 4.69. The molecule has 1 rings (SSSR count). The summed E-state index contributed by atoms with van der Waals surface area (Å²) >= 11 is 0. The number of nitrogens with one attached hydrogen (secondary N) is 1. The first-order chi connectivity index (χ1) is 8.77. The number of hydrogen-bond acceptors (Lipinski definition) is 1. The highest BCUT2D eigenvalue weighted by Gasteiger charge is 2.35. The molecule has 0 bridgehead atoms. The number of halogens is 4. The van der Waals surface area contributed by atoms with Gasteiger partial charge in [0.1, 0.15) is 5.82 Å². The van der Waals surface area contributed by atoms with Crippen LogP contribution in [-0.2, 0) is 6.18 Å². The summed E-state index contributed by atoms with van der Waals surface area (Å²) in [4.78, 5) is 11.7. The number of carbonyl (C=O) groups excluding carboxylic acids is 1. The van der Waals surface area contributed by atoms with Crippen molar-refractivity contribution in [1.29, 1.82) is 0 Å². The van der Waals surface area contributed by atoms with Crippen molar-refractivity contribution >= 4 is 5.91 Å². The topological polar surface area (TPSA) is 29.1 Å². The number of hydrogen-bond donors (Lipinski definition) is 1. The molecule has 19 heavy (non-hydrogen) atoms. The van der Waals surface area contributed by atoms with Crippen molar-refractivity contribution in [1.82, 2.24) is 5.32 Å². The summed E-state index contributed by atoms with van der Waals surface area (Å²) < 4.78 is 51.1. The molecule has 0 fully saturated rings. The SMILES string of the molecule is C=CCC(C)NC(=O)c1cccc(C(F)(F)F)c1F. The van der Waals surface area contributed by atoms with Gasteiger partial charge in [0, 0.05) is 6.04 Å². The summed E-state index contributed by atoms with van der Waals surface area (Å²) in [6.07, 6.45) is -2.84. The van der Waals surface area contributed by atoms with Crippen LogP contribution in [0.4, 0.5) is 17.6 Å². The predicted molar refractivity (Wildman–Crippen MR) is 63.1 cm³/mol. The molecule has 0 radical (unpaired) electrons. The lowest BCUT2D eigenvalue weighted by atomic mass is 10.1. The normalized spacial score (nSPS) is 12.9. The Labute approximate surface area is 108 Å². The molecule has 6 heteroatoms. The number of benzene rings is 1. The highest BCUT2D eigenvalue weighted by molar-refractivity contribution is 5.94. The van der Waals surface area contributed by atoms with E-state index < -0.39 is 29.0 Å². The third-order valence-electron chi connectivity index (χ3n) is 2.45. The first kappa shape index (κ1) is 15.2. The van der Waals surface area contributed by atoms with Gasteiger partial charge in [-0.3, -0.25) is 4.79 Å². The van der Waals surface area contributed by atoms with Crippen LogP contribution in [0.15, 0.2) is 30.9 Å². The summed E-state index contributed by atoms with van der Waals surface area (Å²) in [7, 11) is 0. The van der Waals surface area contributed by atoms with E-state index in [9.17, 15) is 22.4 Å². The second kappa shape index (κ2) is 5.86. The zero-order chi connectivity index (χ0) is 14.6. The Bertz CT molecular complexity index is 482. The Morgan fingerprint density at radius 2 is 2.11 bits per heavy atom. The smallest absolute Gasteiger partial charge is 0.349 e. The maximum Gasteiger partial charge on any atom is 0.419 e. The minimum absolute atomic E-state index is 0.334. The Balaban J connectivity index is 3.02. The van der Waals surface area contributed by atoms with Crippen LogP contribution in [-0.4, -0.2) is 11.9 Å². The van der Waals surface area contributed by atoms with E-state index in [4.69, 9.17) is 0 Å².